The van der Waals surface area contributed by atoms with Crippen molar-refractivity contribution in [2.24, 2.45) is 5.84 Å². The molecular formula is C14H16ClFN2O. The van der Waals surface area contributed by atoms with Crippen molar-refractivity contribution in [3.05, 3.63) is 57.8 Å². The minimum Gasteiger partial charge on any atom is -0.466 e. The van der Waals surface area contributed by atoms with Gasteiger partial charge in [-0.3, -0.25) is 11.3 Å². The van der Waals surface area contributed by atoms with Gasteiger partial charge in [-0.15, -0.1) is 0 Å². The zero-order valence-electron chi connectivity index (χ0n) is 10.8. The highest BCUT2D eigenvalue weighted by Gasteiger charge is 2.17. The van der Waals surface area contributed by atoms with E-state index in [1.165, 1.54) is 6.07 Å². The second-order valence-corrected chi connectivity index (χ2v) is 4.95. The second-order valence-electron chi connectivity index (χ2n) is 4.54. The summed E-state index contributed by atoms with van der Waals surface area (Å²) >= 11 is 5.78. The van der Waals surface area contributed by atoms with Crippen LogP contribution in [0.25, 0.3) is 0 Å². The molecule has 102 valence electrons. The molecule has 0 saturated carbocycles. The molecule has 1 heterocycles. The largest absolute Gasteiger partial charge is 0.466 e. The van der Waals surface area contributed by atoms with Gasteiger partial charge in [0, 0.05) is 5.56 Å². The first kappa shape index (κ1) is 14.1. The summed E-state index contributed by atoms with van der Waals surface area (Å²) in [5.74, 6) is 6.85. The molecule has 19 heavy (non-hydrogen) atoms. The normalized spacial score (nSPS) is 12.7. The molecule has 1 atom stereocenters. The molecule has 2 rings (SSSR count). The van der Waals surface area contributed by atoms with Crippen LogP contribution < -0.4 is 11.3 Å². The lowest BCUT2D eigenvalue weighted by atomic mass is 9.99. The zero-order chi connectivity index (χ0) is 14.0. The van der Waals surface area contributed by atoms with Crippen molar-refractivity contribution < 1.29 is 8.81 Å². The monoisotopic (exact) mass is 282 g/mol. The van der Waals surface area contributed by atoms with E-state index in [1.54, 1.807) is 12.1 Å². The number of hydrogen-bond donors (Lipinski definition) is 2. The van der Waals surface area contributed by atoms with E-state index in [9.17, 15) is 4.39 Å². The molecule has 0 amide bonds. The van der Waals surface area contributed by atoms with E-state index in [0.29, 0.717) is 6.42 Å². The van der Waals surface area contributed by atoms with Gasteiger partial charge in [0.05, 0.1) is 11.1 Å². The molecule has 0 fully saturated rings. The molecule has 0 spiro atoms. The molecular weight excluding hydrogens is 267 g/mol. The summed E-state index contributed by atoms with van der Waals surface area (Å²) in [5.41, 5.74) is 4.67. The van der Waals surface area contributed by atoms with E-state index in [1.807, 2.05) is 19.9 Å². The fourth-order valence-electron chi connectivity index (χ4n) is 2.16. The summed E-state index contributed by atoms with van der Waals surface area (Å²) in [7, 11) is 0. The maximum absolute atomic E-state index is 13.1. The Morgan fingerprint density at radius 1 is 1.37 bits per heavy atom. The molecule has 0 bridgehead atoms. The van der Waals surface area contributed by atoms with Crippen LogP contribution in [-0.4, -0.2) is 0 Å². The third kappa shape index (κ3) is 3.15. The van der Waals surface area contributed by atoms with E-state index in [-0.39, 0.29) is 11.1 Å². The van der Waals surface area contributed by atoms with Crippen LogP contribution in [0.3, 0.4) is 0 Å². The first-order valence-corrected chi connectivity index (χ1v) is 6.36. The SMILES string of the molecule is Cc1cc(C(Cc2ccc(F)c(Cl)c2)NN)c(C)o1. The number of aryl methyl sites for hydroxylation is 2. The molecule has 1 aromatic carbocycles. The van der Waals surface area contributed by atoms with Crippen LogP contribution in [0.2, 0.25) is 5.02 Å². The van der Waals surface area contributed by atoms with Crippen LogP contribution in [0.15, 0.2) is 28.7 Å². The molecule has 1 unspecified atom stereocenters. The lowest BCUT2D eigenvalue weighted by molar-refractivity contribution is 0.484. The molecule has 0 aliphatic rings. The smallest absolute Gasteiger partial charge is 0.141 e. The lowest BCUT2D eigenvalue weighted by Crippen LogP contribution is -2.29. The highest BCUT2D eigenvalue weighted by molar-refractivity contribution is 6.30. The summed E-state index contributed by atoms with van der Waals surface area (Å²) < 4.78 is 18.6. The van der Waals surface area contributed by atoms with Crippen molar-refractivity contribution in [3.63, 3.8) is 0 Å². The standard InChI is InChI=1S/C14H16ClFN2O/c1-8-5-11(9(2)19-8)14(18-17)7-10-3-4-13(16)12(15)6-10/h3-6,14,18H,7,17H2,1-2H3. The van der Waals surface area contributed by atoms with Gasteiger partial charge in [-0.05, 0) is 44.0 Å². The van der Waals surface area contributed by atoms with Crippen molar-refractivity contribution in [1.82, 2.24) is 5.43 Å². The summed E-state index contributed by atoms with van der Waals surface area (Å²) in [6.07, 6.45) is 0.607. The van der Waals surface area contributed by atoms with Gasteiger partial charge in [-0.2, -0.15) is 0 Å². The van der Waals surface area contributed by atoms with Gasteiger partial charge in [-0.25, -0.2) is 4.39 Å². The fraction of sp³-hybridized carbons (Fsp3) is 0.286. The van der Waals surface area contributed by atoms with E-state index < -0.39 is 5.82 Å². The van der Waals surface area contributed by atoms with Gasteiger partial charge >= 0.3 is 0 Å². The third-order valence-corrected chi connectivity index (χ3v) is 3.37. The Balaban J connectivity index is 2.23. The summed E-state index contributed by atoms with van der Waals surface area (Å²) in [6.45, 7) is 3.78. The van der Waals surface area contributed by atoms with E-state index >= 15 is 0 Å². The predicted molar refractivity (Wildman–Crippen MR) is 73.4 cm³/mol. The van der Waals surface area contributed by atoms with Crippen LogP contribution in [0.5, 0.6) is 0 Å². The van der Waals surface area contributed by atoms with E-state index in [2.05, 4.69) is 5.43 Å². The molecule has 0 aliphatic carbocycles. The van der Waals surface area contributed by atoms with Crippen molar-refractivity contribution >= 4 is 11.6 Å². The van der Waals surface area contributed by atoms with Crippen molar-refractivity contribution in [3.8, 4) is 0 Å². The zero-order valence-corrected chi connectivity index (χ0v) is 11.6. The molecule has 2 aromatic rings. The number of halogens is 2. The third-order valence-electron chi connectivity index (χ3n) is 3.08. The van der Waals surface area contributed by atoms with Gasteiger partial charge in [0.1, 0.15) is 17.3 Å². The summed E-state index contributed by atoms with van der Waals surface area (Å²) in [5, 5.41) is 0.119. The average molecular weight is 283 g/mol. The highest BCUT2D eigenvalue weighted by atomic mass is 35.5. The van der Waals surface area contributed by atoms with Crippen LogP contribution in [0.1, 0.15) is 28.7 Å². The Bertz CT molecular complexity index is 583. The van der Waals surface area contributed by atoms with Crippen molar-refractivity contribution in [2.45, 2.75) is 26.3 Å². The van der Waals surface area contributed by atoms with E-state index in [4.69, 9.17) is 21.9 Å². The number of furan rings is 1. The van der Waals surface area contributed by atoms with Crippen LogP contribution in [0, 0.1) is 19.7 Å². The Hall–Kier alpha value is -1.36. The predicted octanol–water partition coefficient (Wildman–Crippen LogP) is 3.44. The van der Waals surface area contributed by atoms with Crippen molar-refractivity contribution in [2.75, 3.05) is 0 Å². The van der Waals surface area contributed by atoms with Crippen LogP contribution in [-0.2, 0) is 6.42 Å². The number of nitrogens with two attached hydrogens (primary N) is 1. The average Bonchev–Trinajstić information content (AvgIpc) is 2.70. The number of benzene rings is 1. The molecule has 0 aliphatic heterocycles. The molecule has 1 aromatic heterocycles. The molecule has 3 N–H and O–H groups in total. The number of hydrazine groups is 1. The van der Waals surface area contributed by atoms with Gasteiger partial charge in [0.25, 0.3) is 0 Å². The molecule has 5 heteroatoms. The fourth-order valence-corrected chi connectivity index (χ4v) is 2.36. The van der Waals surface area contributed by atoms with Gasteiger partial charge in [0.15, 0.2) is 0 Å². The number of hydrogen-bond acceptors (Lipinski definition) is 3. The Morgan fingerprint density at radius 3 is 2.63 bits per heavy atom. The Kier molecular flexibility index (Phi) is 4.24. The van der Waals surface area contributed by atoms with Gasteiger partial charge in [0.2, 0.25) is 0 Å². The van der Waals surface area contributed by atoms with Crippen LogP contribution in [0.4, 0.5) is 4.39 Å². The summed E-state index contributed by atoms with van der Waals surface area (Å²) in [6, 6.07) is 6.53. The number of nitrogens with one attached hydrogen (secondary N) is 1. The van der Waals surface area contributed by atoms with Gasteiger partial charge in [-0.1, -0.05) is 17.7 Å². The molecule has 0 radical (unpaired) electrons. The number of rotatable bonds is 4. The van der Waals surface area contributed by atoms with Crippen LogP contribution >= 0.6 is 11.6 Å². The topological polar surface area (TPSA) is 51.2 Å². The Morgan fingerprint density at radius 2 is 2.11 bits per heavy atom. The Labute approximate surface area is 116 Å². The van der Waals surface area contributed by atoms with Gasteiger partial charge < -0.3 is 4.42 Å². The highest BCUT2D eigenvalue weighted by Crippen LogP contribution is 2.25. The quantitative estimate of drug-likeness (QED) is 0.667. The lowest BCUT2D eigenvalue weighted by Gasteiger charge is -2.15. The first-order valence-electron chi connectivity index (χ1n) is 5.98. The van der Waals surface area contributed by atoms with E-state index in [0.717, 1.165) is 22.6 Å². The molecule has 3 nitrogen and oxygen atoms in total. The van der Waals surface area contributed by atoms with Crippen molar-refractivity contribution in [1.29, 1.82) is 0 Å². The first-order chi connectivity index (χ1) is 9.01. The maximum Gasteiger partial charge on any atom is 0.141 e. The minimum atomic E-state index is -0.419. The second kappa shape index (κ2) is 5.74. The summed E-state index contributed by atoms with van der Waals surface area (Å²) in [4.78, 5) is 0. The maximum atomic E-state index is 13.1. The molecule has 0 saturated heterocycles. The minimum absolute atomic E-state index is 0.0982.